The van der Waals surface area contributed by atoms with Crippen LogP contribution in [0.3, 0.4) is 0 Å². The molecule has 2 aromatic rings. The number of hydrogen-bond donors (Lipinski definition) is 0. The second kappa shape index (κ2) is 9.95. The molecule has 6 nitrogen and oxygen atoms in total. The molecular formula is C24H29F3N2O4S. The maximum Gasteiger partial charge on any atom is 0.416 e. The van der Waals surface area contributed by atoms with Gasteiger partial charge >= 0.3 is 6.18 Å². The highest BCUT2D eigenvalue weighted by molar-refractivity contribution is 7.89. The van der Waals surface area contributed by atoms with Gasteiger partial charge in [-0.3, -0.25) is 4.79 Å². The van der Waals surface area contributed by atoms with Crippen molar-refractivity contribution in [3.05, 3.63) is 59.7 Å². The Balaban J connectivity index is 1.48. The van der Waals surface area contributed by atoms with Crippen molar-refractivity contribution in [1.82, 2.24) is 9.21 Å². The Labute approximate surface area is 198 Å². The van der Waals surface area contributed by atoms with Gasteiger partial charge in [0.2, 0.25) is 15.9 Å². The van der Waals surface area contributed by atoms with Gasteiger partial charge in [-0.05, 0) is 47.4 Å². The first-order valence-electron chi connectivity index (χ1n) is 11.0. The molecule has 10 heteroatoms. The minimum Gasteiger partial charge on any atom is -0.493 e. The lowest BCUT2D eigenvalue weighted by molar-refractivity contribution is -0.137. The number of carbonyl (C=O) groups is 1. The molecule has 1 fully saturated rings. The summed E-state index contributed by atoms with van der Waals surface area (Å²) in [5, 5.41) is 0. The lowest BCUT2D eigenvalue weighted by atomic mass is 9.87. The van der Waals surface area contributed by atoms with Crippen molar-refractivity contribution in [2.75, 3.05) is 32.8 Å². The van der Waals surface area contributed by atoms with Gasteiger partial charge in [0.1, 0.15) is 5.75 Å². The summed E-state index contributed by atoms with van der Waals surface area (Å²) in [6.07, 6.45) is -4.37. The average Bonchev–Trinajstić information content (AvgIpc) is 2.78. The van der Waals surface area contributed by atoms with Crippen LogP contribution in [0.4, 0.5) is 13.2 Å². The quantitative estimate of drug-likeness (QED) is 0.596. The zero-order valence-electron chi connectivity index (χ0n) is 19.4. The van der Waals surface area contributed by atoms with Crippen LogP contribution >= 0.6 is 0 Å². The predicted molar refractivity (Wildman–Crippen MR) is 122 cm³/mol. The summed E-state index contributed by atoms with van der Waals surface area (Å²) in [6, 6.07) is 11.2. The molecule has 0 aliphatic carbocycles. The molecule has 0 aromatic heterocycles. The van der Waals surface area contributed by atoms with Crippen LogP contribution in [-0.2, 0) is 26.4 Å². The number of sulfonamides is 1. The smallest absolute Gasteiger partial charge is 0.416 e. The molecule has 34 heavy (non-hydrogen) atoms. The number of rotatable bonds is 6. The van der Waals surface area contributed by atoms with E-state index in [2.05, 4.69) is 20.8 Å². The molecule has 1 aliphatic rings. The van der Waals surface area contributed by atoms with Crippen LogP contribution in [-0.4, -0.2) is 56.3 Å². The summed E-state index contributed by atoms with van der Waals surface area (Å²) < 4.78 is 70.6. The van der Waals surface area contributed by atoms with E-state index in [0.29, 0.717) is 5.75 Å². The fourth-order valence-electron chi connectivity index (χ4n) is 3.61. The molecule has 1 heterocycles. The van der Waals surface area contributed by atoms with Gasteiger partial charge in [0.25, 0.3) is 0 Å². The van der Waals surface area contributed by atoms with Crippen LogP contribution in [0.1, 0.15) is 38.3 Å². The number of halogens is 3. The third kappa shape index (κ3) is 6.29. The topological polar surface area (TPSA) is 66.9 Å². The molecular weight excluding hydrogens is 469 g/mol. The summed E-state index contributed by atoms with van der Waals surface area (Å²) in [5.41, 5.74) is 0.311. The number of ether oxygens (including phenoxy) is 1. The summed E-state index contributed by atoms with van der Waals surface area (Å²) in [6.45, 7) is 7.13. The first kappa shape index (κ1) is 26.0. The summed E-state index contributed by atoms with van der Waals surface area (Å²) in [5.74, 6) is 0.533. The first-order valence-corrected chi connectivity index (χ1v) is 12.4. The molecule has 1 saturated heterocycles. The molecule has 2 aromatic carbocycles. The van der Waals surface area contributed by atoms with E-state index in [1.165, 1.54) is 9.87 Å². The Hall–Kier alpha value is -2.59. The molecule has 0 bridgehead atoms. The highest BCUT2D eigenvalue weighted by atomic mass is 32.2. The summed E-state index contributed by atoms with van der Waals surface area (Å²) in [4.78, 5) is 13.9. The number of nitrogens with zero attached hydrogens (tertiary/aromatic N) is 2. The molecule has 0 spiro atoms. The van der Waals surface area contributed by atoms with Crippen molar-refractivity contribution in [3.63, 3.8) is 0 Å². The summed E-state index contributed by atoms with van der Waals surface area (Å²) in [7, 11) is -3.94. The van der Waals surface area contributed by atoms with Crippen molar-refractivity contribution < 1.29 is 31.1 Å². The van der Waals surface area contributed by atoms with Gasteiger partial charge in [-0.15, -0.1) is 0 Å². The van der Waals surface area contributed by atoms with E-state index < -0.39 is 21.8 Å². The number of benzene rings is 2. The van der Waals surface area contributed by atoms with Crippen LogP contribution in [0.15, 0.2) is 53.4 Å². The average molecular weight is 499 g/mol. The van der Waals surface area contributed by atoms with E-state index in [-0.39, 0.29) is 55.4 Å². The molecule has 1 aliphatic heterocycles. The number of piperazine rings is 1. The highest BCUT2D eigenvalue weighted by Gasteiger charge is 2.33. The van der Waals surface area contributed by atoms with E-state index >= 15 is 0 Å². The minimum atomic E-state index is -4.53. The van der Waals surface area contributed by atoms with E-state index in [9.17, 15) is 26.4 Å². The van der Waals surface area contributed by atoms with Gasteiger partial charge in [0.15, 0.2) is 0 Å². The van der Waals surface area contributed by atoms with Crippen LogP contribution in [0.2, 0.25) is 0 Å². The first-order chi connectivity index (χ1) is 15.8. The van der Waals surface area contributed by atoms with Gasteiger partial charge in [-0.1, -0.05) is 32.9 Å². The van der Waals surface area contributed by atoms with Crippen LogP contribution in [0.25, 0.3) is 0 Å². The fraction of sp³-hybridized carbons (Fsp3) is 0.458. The SMILES string of the molecule is CC(C)(C)c1ccc(OCCC(=O)N2CCN(S(=O)(=O)c3ccc(C(F)(F)F)cc3)CC2)cc1. The number of carbonyl (C=O) groups excluding carboxylic acids is 1. The van der Waals surface area contributed by atoms with Crippen molar-refractivity contribution in [1.29, 1.82) is 0 Å². The molecule has 1 amide bonds. The Morgan fingerprint density at radius 3 is 1.91 bits per heavy atom. The van der Waals surface area contributed by atoms with Gasteiger partial charge in [0.05, 0.1) is 23.5 Å². The number of alkyl halides is 3. The van der Waals surface area contributed by atoms with Crippen LogP contribution in [0, 0.1) is 0 Å². The van der Waals surface area contributed by atoms with E-state index in [1.807, 2.05) is 24.3 Å². The van der Waals surface area contributed by atoms with Crippen LogP contribution in [0.5, 0.6) is 5.75 Å². The molecule has 3 rings (SSSR count). The zero-order valence-corrected chi connectivity index (χ0v) is 20.2. The largest absolute Gasteiger partial charge is 0.493 e. The standard InChI is InChI=1S/C24H29F3N2O4S/c1-23(2,3)18-4-8-20(9-5-18)33-17-12-22(30)28-13-15-29(16-14-28)34(31,32)21-10-6-19(7-11-21)24(25,26)27/h4-11H,12-17H2,1-3H3. The molecule has 0 N–H and O–H groups in total. The van der Waals surface area contributed by atoms with Gasteiger partial charge in [0, 0.05) is 26.2 Å². The predicted octanol–water partition coefficient (Wildman–Crippen LogP) is 4.30. The van der Waals surface area contributed by atoms with Crippen molar-refractivity contribution in [2.45, 2.75) is 43.7 Å². The van der Waals surface area contributed by atoms with Crippen molar-refractivity contribution in [3.8, 4) is 5.75 Å². The van der Waals surface area contributed by atoms with Crippen molar-refractivity contribution in [2.24, 2.45) is 0 Å². The summed E-state index contributed by atoms with van der Waals surface area (Å²) >= 11 is 0. The second-order valence-corrected chi connectivity index (χ2v) is 11.1. The van der Waals surface area contributed by atoms with Gasteiger partial charge in [-0.2, -0.15) is 17.5 Å². The fourth-order valence-corrected chi connectivity index (χ4v) is 5.03. The Morgan fingerprint density at radius 2 is 1.41 bits per heavy atom. The highest BCUT2D eigenvalue weighted by Crippen LogP contribution is 2.30. The van der Waals surface area contributed by atoms with Gasteiger partial charge < -0.3 is 9.64 Å². The second-order valence-electron chi connectivity index (χ2n) is 9.18. The van der Waals surface area contributed by atoms with E-state index in [1.54, 1.807) is 4.90 Å². The lowest BCUT2D eigenvalue weighted by Gasteiger charge is -2.34. The zero-order chi connectivity index (χ0) is 25.1. The Morgan fingerprint density at radius 1 is 0.882 bits per heavy atom. The Bertz CT molecular complexity index is 1090. The number of amides is 1. The molecule has 186 valence electrons. The third-order valence-corrected chi connectivity index (χ3v) is 7.63. The molecule has 0 radical (unpaired) electrons. The molecule has 0 unspecified atom stereocenters. The minimum absolute atomic E-state index is 0.0383. The van der Waals surface area contributed by atoms with E-state index in [4.69, 9.17) is 4.74 Å². The maximum atomic E-state index is 12.8. The van der Waals surface area contributed by atoms with Gasteiger partial charge in [-0.25, -0.2) is 8.42 Å². The molecule has 0 atom stereocenters. The third-order valence-electron chi connectivity index (χ3n) is 5.72. The normalized spacial score (nSPS) is 15.9. The number of hydrogen-bond acceptors (Lipinski definition) is 4. The van der Waals surface area contributed by atoms with E-state index in [0.717, 1.165) is 24.3 Å². The van der Waals surface area contributed by atoms with Crippen molar-refractivity contribution >= 4 is 15.9 Å². The monoisotopic (exact) mass is 498 g/mol. The van der Waals surface area contributed by atoms with Crippen LogP contribution < -0.4 is 4.74 Å². The maximum absolute atomic E-state index is 12.8. The Kier molecular flexibility index (Phi) is 7.62. The molecule has 0 saturated carbocycles. The lowest BCUT2D eigenvalue weighted by Crippen LogP contribution is -2.50.